The van der Waals surface area contributed by atoms with Gasteiger partial charge in [-0.2, -0.15) is 10.2 Å². The molecule has 2 aromatic rings. The van der Waals surface area contributed by atoms with E-state index in [4.69, 9.17) is 11.5 Å². The van der Waals surface area contributed by atoms with Gasteiger partial charge in [-0.3, -0.25) is 4.68 Å². The van der Waals surface area contributed by atoms with Crippen molar-refractivity contribution in [2.75, 3.05) is 0 Å². The Morgan fingerprint density at radius 3 is 2.88 bits per heavy atom. The van der Waals surface area contributed by atoms with Crippen molar-refractivity contribution in [3.63, 3.8) is 0 Å². The molecule has 0 bridgehead atoms. The van der Waals surface area contributed by atoms with E-state index in [-0.39, 0.29) is 5.96 Å². The Morgan fingerprint density at radius 1 is 1.41 bits per heavy atom. The number of nitrogens with two attached hydrogens (primary N) is 2. The maximum absolute atomic E-state index is 5.17. The summed E-state index contributed by atoms with van der Waals surface area (Å²) in [5, 5.41) is 12.8. The number of rotatable bonds is 2. The Bertz CT molecular complexity index is 604. The predicted molar refractivity (Wildman–Crippen MR) is 68.9 cm³/mol. The number of hydrogen-bond acceptors (Lipinski definition) is 3. The van der Waals surface area contributed by atoms with Crippen molar-refractivity contribution in [3.05, 3.63) is 29.5 Å². The van der Waals surface area contributed by atoms with Gasteiger partial charge in [0, 0.05) is 18.1 Å². The van der Waals surface area contributed by atoms with Crippen LogP contribution in [-0.2, 0) is 7.05 Å². The van der Waals surface area contributed by atoms with Crippen LogP contribution in [0.5, 0.6) is 0 Å². The molecule has 0 spiro atoms. The number of fused-ring (bicyclic) bond motifs is 1. The number of aryl methyl sites for hydroxylation is 2. The molecule has 0 unspecified atom stereocenters. The second kappa shape index (κ2) is 4.25. The van der Waals surface area contributed by atoms with Crippen molar-refractivity contribution in [1.29, 1.82) is 0 Å². The van der Waals surface area contributed by atoms with Gasteiger partial charge >= 0.3 is 0 Å². The molecule has 1 aromatic carbocycles. The van der Waals surface area contributed by atoms with Gasteiger partial charge in [-0.05, 0) is 18.6 Å². The van der Waals surface area contributed by atoms with Crippen LogP contribution >= 0.6 is 0 Å². The Kier molecular flexibility index (Phi) is 2.78. The Labute approximate surface area is 98.6 Å². The fourth-order valence-corrected chi connectivity index (χ4v) is 1.59. The first-order valence-corrected chi connectivity index (χ1v) is 5.13. The number of nitrogens with zero attached hydrogens (tertiary/aromatic N) is 4. The summed E-state index contributed by atoms with van der Waals surface area (Å²) in [6.45, 7) is 2.03. The van der Waals surface area contributed by atoms with E-state index in [2.05, 4.69) is 15.3 Å². The zero-order chi connectivity index (χ0) is 12.4. The van der Waals surface area contributed by atoms with Crippen molar-refractivity contribution in [3.8, 4) is 0 Å². The van der Waals surface area contributed by atoms with Crippen LogP contribution in [0.4, 0.5) is 0 Å². The van der Waals surface area contributed by atoms with E-state index >= 15 is 0 Å². The summed E-state index contributed by atoms with van der Waals surface area (Å²) in [7, 11) is 1.92. The molecular formula is C11H14N6. The van der Waals surface area contributed by atoms with Crippen LogP contribution in [0.3, 0.4) is 0 Å². The topological polar surface area (TPSA) is 94.6 Å². The normalized spacial score (nSPS) is 11.2. The molecule has 6 nitrogen and oxygen atoms in total. The third-order valence-electron chi connectivity index (χ3n) is 2.53. The van der Waals surface area contributed by atoms with E-state index in [1.54, 1.807) is 6.21 Å². The summed E-state index contributed by atoms with van der Waals surface area (Å²) < 4.78 is 1.85. The molecule has 0 aliphatic heterocycles. The third-order valence-corrected chi connectivity index (χ3v) is 2.53. The molecule has 0 aliphatic carbocycles. The predicted octanol–water partition coefficient (Wildman–Crippen LogP) is 0.489. The molecule has 0 atom stereocenters. The van der Waals surface area contributed by atoms with E-state index in [1.165, 1.54) is 0 Å². The fourth-order valence-electron chi connectivity index (χ4n) is 1.59. The van der Waals surface area contributed by atoms with Gasteiger partial charge in [-0.1, -0.05) is 12.1 Å². The van der Waals surface area contributed by atoms with Crippen molar-refractivity contribution in [1.82, 2.24) is 9.78 Å². The van der Waals surface area contributed by atoms with Crippen LogP contribution in [0.2, 0.25) is 0 Å². The summed E-state index contributed by atoms with van der Waals surface area (Å²) in [5.74, 6) is -0.0593. The molecule has 4 N–H and O–H groups in total. The number of guanidine groups is 1. The van der Waals surface area contributed by atoms with Gasteiger partial charge in [0.05, 0.1) is 11.7 Å². The first kappa shape index (κ1) is 11.1. The molecule has 0 fully saturated rings. The van der Waals surface area contributed by atoms with Crippen molar-refractivity contribution in [2.45, 2.75) is 6.92 Å². The average Bonchev–Trinajstić information content (AvgIpc) is 2.54. The SMILES string of the molecule is Cc1c2ccc(C=NN=C(N)N)cc2nn1C. The first-order chi connectivity index (χ1) is 8.08. The highest BCUT2D eigenvalue weighted by atomic mass is 15.3. The van der Waals surface area contributed by atoms with E-state index in [0.717, 1.165) is 22.2 Å². The van der Waals surface area contributed by atoms with E-state index in [1.807, 2.05) is 36.9 Å². The zero-order valence-corrected chi connectivity index (χ0v) is 9.75. The third kappa shape index (κ3) is 2.25. The highest BCUT2D eigenvalue weighted by Gasteiger charge is 2.04. The van der Waals surface area contributed by atoms with Crippen LogP contribution in [0.25, 0.3) is 10.9 Å². The maximum atomic E-state index is 5.17. The van der Waals surface area contributed by atoms with Crippen LogP contribution < -0.4 is 11.5 Å². The smallest absolute Gasteiger partial charge is 0.211 e. The molecule has 2 rings (SSSR count). The number of aromatic nitrogens is 2. The van der Waals surface area contributed by atoms with Crippen LogP contribution in [0.15, 0.2) is 28.4 Å². The zero-order valence-electron chi connectivity index (χ0n) is 9.75. The minimum absolute atomic E-state index is 0.0593. The molecule has 0 saturated heterocycles. The lowest BCUT2D eigenvalue weighted by Crippen LogP contribution is -2.21. The van der Waals surface area contributed by atoms with Crippen molar-refractivity contribution >= 4 is 23.1 Å². The van der Waals surface area contributed by atoms with Gasteiger partial charge in [-0.15, -0.1) is 5.10 Å². The average molecular weight is 230 g/mol. The monoisotopic (exact) mass is 230 g/mol. The molecule has 0 aliphatic rings. The van der Waals surface area contributed by atoms with Gasteiger partial charge in [0.25, 0.3) is 0 Å². The summed E-state index contributed by atoms with van der Waals surface area (Å²) in [6, 6.07) is 5.89. The molecular weight excluding hydrogens is 216 g/mol. The second-order valence-electron chi connectivity index (χ2n) is 3.76. The van der Waals surface area contributed by atoms with Gasteiger partial charge in [0.1, 0.15) is 0 Å². The Morgan fingerprint density at radius 2 is 2.18 bits per heavy atom. The lowest BCUT2D eigenvalue weighted by Gasteiger charge is -1.93. The molecule has 0 radical (unpaired) electrons. The summed E-state index contributed by atoms with van der Waals surface area (Å²) in [4.78, 5) is 0. The second-order valence-corrected chi connectivity index (χ2v) is 3.76. The summed E-state index contributed by atoms with van der Waals surface area (Å²) in [6.07, 6.45) is 1.59. The van der Waals surface area contributed by atoms with E-state index < -0.39 is 0 Å². The summed E-state index contributed by atoms with van der Waals surface area (Å²) >= 11 is 0. The molecule has 88 valence electrons. The summed E-state index contributed by atoms with van der Waals surface area (Å²) in [5.41, 5.74) is 13.3. The molecule has 0 saturated carbocycles. The van der Waals surface area contributed by atoms with Crippen LogP contribution in [0, 0.1) is 6.92 Å². The molecule has 17 heavy (non-hydrogen) atoms. The Hall–Kier alpha value is -2.37. The molecule has 6 heteroatoms. The van der Waals surface area contributed by atoms with Gasteiger partial charge in [0.2, 0.25) is 5.96 Å². The standard InChI is InChI=1S/C11H14N6/c1-7-9-4-3-8(6-14-15-11(12)13)5-10(9)16-17(7)2/h3-6H,1-2H3,(H4,12,13,15). The fraction of sp³-hybridized carbons (Fsp3) is 0.182. The van der Waals surface area contributed by atoms with Crippen molar-refractivity contribution < 1.29 is 0 Å². The highest BCUT2D eigenvalue weighted by molar-refractivity contribution is 5.90. The number of benzene rings is 1. The van der Waals surface area contributed by atoms with Gasteiger partial charge in [0.15, 0.2) is 0 Å². The Balaban J connectivity index is 2.38. The first-order valence-electron chi connectivity index (χ1n) is 5.13. The lowest BCUT2D eigenvalue weighted by molar-refractivity contribution is 0.751. The largest absolute Gasteiger partial charge is 0.369 e. The minimum Gasteiger partial charge on any atom is -0.369 e. The number of hydrogen-bond donors (Lipinski definition) is 2. The molecule has 0 amide bonds. The van der Waals surface area contributed by atoms with Gasteiger partial charge < -0.3 is 11.5 Å². The van der Waals surface area contributed by atoms with Crippen LogP contribution in [0.1, 0.15) is 11.3 Å². The van der Waals surface area contributed by atoms with Crippen LogP contribution in [-0.4, -0.2) is 22.0 Å². The molecule has 1 heterocycles. The van der Waals surface area contributed by atoms with E-state index in [0.29, 0.717) is 0 Å². The highest BCUT2D eigenvalue weighted by Crippen LogP contribution is 2.17. The maximum Gasteiger partial charge on any atom is 0.211 e. The van der Waals surface area contributed by atoms with E-state index in [9.17, 15) is 0 Å². The van der Waals surface area contributed by atoms with Crippen molar-refractivity contribution in [2.24, 2.45) is 28.7 Å². The quantitative estimate of drug-likeness (QED) is 0.446. The minimum atomic E-state index is -0.0593. The lowest BCUT2D eigenvalue weighted by atomic mass is 10.1. The molecule has 1 aromatic heterocycles. The van der Waals surface area contributed by atoms with Gasteiger partial charge in [-0.25, -0.2) is 0 Å².